The fourth-order valence-electron chi connectivity index (χ4n) is 6.32. The van der Waals surface area contributed by atoms with Crippen molar-refractivity contribution in [1.29, 1.82) is 0 Å². The second kappa shape index (κ2) is 10.9. The highest BCUT2D eigenvalue weighted by Crippen LogP contribution is 2.39. The molecule has 0 atom stereocenters. The van der Waals surface area contributed by atoms with Gasteiger partial charge in [0.1, 0.15) is 12.3 Å². The molecule has 1 saturated heterocycles. The smallest absolute Gasteiger partial charge is 0.256 e. The van der Waals surface area contributed by atoms with Crippen LogP contribution in [0.1, 0.15) is 45.6 Å². The Morgan fingerprint density at radius 2 is 1.95 bits per heavy atom. The SMILES string of the molecule is C=CC(=O)N1CC(NC(=O)Cn2c(CC3CC3)c(C(=O)N3CCc4c(cccc4OC)C3)c3cc(Cl)cc(C)c32)C1. The lowest BCUT2D eigenvalue weighted by Gasteiger charge is -2.39. The Morgan fingerprint density at radius 3 is 2.66 bits per heavy atom. The average Bonchev–Trinajstić information content (AvgIpc) is 3.71. The van der Waals surface area contributed by atoms with Crippen LogP contribution in [0.3, 0.4) is 0 Å². The lowest BCUT2D eigenvalue weighted by molar-refractivity contribution is -0.133. The molecule has 214 valence electrons. The van der Waals surface area contributed by atoms with Crippen molar-refractivity contribution in [3.05, 3.63) is 76.0 Å². The van der Waals surface area contributed by atoms with Gasteiger partial charge < -0.3 is 24.4 Å². The number of amides is 3. The highest BCUT2D eigenvalue weighted by atomic mass is 35.5. The number of hydrogen-bond acceptors (Lipinski definition) is 4. The lowest BCUT2D eigenvalue weighted by Crippen LogP contribution is -2.61. The molecule has 9 heteroatoms. The van der Waals surface area contributed by atoms with Crippen molar-refractivity contribution in [2.24, 2.45) is 5.92 Å². The van der Waals surface area contributed by atoms with Gasteiger partial charge in [0.05, 0.1) is 24.2 Å². The molecule has 1 N–H and O–H groups in total. The number of carbonyl (C=O) groups excluding carboxylic acids is 3. The highest BCUT2D eigenvalue weighted by Gasteiger charge is 2.35. The second-order valence-electron chi connectivity index (χ2n) is 11.5. The number of methoxy groups -OCH3 is 1. The molecule has 8 nitrogen and oxygen atoms in total. The minimum Gasteiger partial charge on any atom is -0.496 e. The minimum absolute atomic E-state index is 0.0301. The van der Waals surface area contributed by atoms with Gasteiger partial charge in [0.2, 0.25) is 11.8 Å². The van der Waals surface area contributed by atoms with E-state index in [4.69, 9.17) is 16.3 Å². The maximum Gasteiger partial charge on any atom is 0.256 e. The van der Waals surface area contributed by atoms with Crippen molar-refractivity contribution in [1.82, 2.24) is 19.7 Å². The van der Waals surface area contributed by atoms with Crippen molar-refractivity contribution in [2.75, 3.05) is 26.7 Å². The first-order valence-electron chi connectivity index (χ1n) is 14.2. The molecule has 1 aliphatic carbocycles. The Bertz CT molecular complexity index is 1570. The number of aryl methyl sites for hydroxylation is 1. The zero-order valence-corrected chi connectivity index (χ0v) is 24.3. The summed E-state index contributed by atoms with van der Waals surface area (Å²) in [5.74, 6) is 1.06. The summed E-state index contributed by atoms with van der Waals surface area (Å²) in [4.78, 5) is 43.1. The van der Waals surface area contributed by atoms with Gasteiger partial charge in [0, 0.05) is 47.8 Å². The maximum atomic E-state index is 14.4. The summed E-state index contributed by atoms with van der Waals surface area (Å²) < 4.78 is 7.60. The van der Waals surface area contributed by atoms with Crippen LogP contribution in [0, 0.1) is 12.8 Å². The predicted molar refractivity (Wildman–Crippen MR) is 158 cm³/mol. The van der Waals surface area contributed by atoms with Crippen LogP contribution in [0.25, 0.3) is 10.9 Å². The number of aromatic nitrogens is 1. The van der Waals surface area contributed by atoms with E-state index in [1.54, 1.807) is 12.0 Å². The van der Waals surface area contributed by atoms with E-state index in [0.29, 0.717) is 42.7 Å². The van der Waals surface area contributed by atoms with Crippen LogP contribution >= 0.6 is 11.6 Å². The van der Waals surface area contributed by atoms with Gasteiger partial charge in [-0.2, -0.15) is 0 Å². The molecule has 3 amide bonds. The topological polar surface area (TPSA) is 83.9 Å². The molecule has 0 bridgehead atoms. The van der Waals surface area contributed by atoms with E-state index in [-0.39, 0.29) is 30.3 Å². The Morgan fingerprint density at radius 1 is 1.17 bits per heavy atom. The Hall–Kier alpha value is -3.78. The largest absolute Gasteiger partial charge is 0.496 e. The van der Waals surface area contributed by atoms with Gasteiger partial charge in [-0.3, -0.25) is 14.4 Å². The number of benzene rings is 2. The van der Waals surface area contributed by atoms with Crippen LogP contribution in [0.5, 0.6) is 5.75 Å². The van der Waals surface area contributed by atoms with E-state index in [1.807, 2.05) is 40.7 Å². The monoisotopic (exact) mass is 574 g/mol. The van der Waals surface area contributed by atoms with E-state index in [0.717, 1.165) is 64.7 Å². The van der Waals surface area contributed by atoms with Crippen molar-refractivity contribution in [3.63, 3.8) is 0 Å². The number of hydrogen-bond donors (Lipinski definition) is 1. The Kier molecular flexibility index (Phi) is 7.28. The molecule has 3 aromatic rings. The maximum absolute atomic E-state index is 14.4. The normalized spacial score (nSPS) is 16.8. The van der Waals surface area contributed by atoms with E-state index in [2.05, 4.69) is 18.0 Å². The number of carbonyl (C=O) groups is 3. The van der Waals surface area contributed by atoms with Gasteiger partial charge in [0.25, 0.3) is 5.91 Å². The molecule has 3 aliphatic rings. The average molecular weight is 575 g/mol. The fourth-order valence-corrected chi connectivity index (χ4v) is 6.60. The standard InChI is InChI=1S/C32H35ClN4O4/c1-4-29(39)36-16-23(17-36)34-28(38)18-37-26(13-20-8-9-20)30(25-14-22(33)12-19(2)31(25)37)32(40)35-11-10-24-21(15-35)6-5-7-27(24)41-3/h4-7,12,14,20,23H,1,8-11,13,15-18H2,2-3H3,(H,34,38). The molecular formula is C32H35ClN4O4. The van der Waals surface area contributed by atoms with Gasteiger partial charge in [-0.25, -0.2) is 0 Å². The minimum atomic E-state index is -0.137. The van der Waals surface area contributed by atoms with Crippen LogP contribution in [0.4, 0.5) is 0 Å². The first kappa shape index (κ1) is 27.4. The number of rotatable bonds is 8. The molecule has 1 aromatic heterocycles. The predicted octanol–water partition coefficient (Wildman–Crippen LogP) is 4.28. The third-order valence-electron chi connectivity index (χ3n) is 8.58. The zero-order chi connectivity index (χ0) is 28.8. The summed E-state index contributed by atoms with van der Waals surface area (Å²) >= 11 is 6.55. The molecular weight excluding hydrogens is 540 g/mol. The molecule has 3 heterocycles. The number of likely N-dealkylation sites (tertiary alicyclic amines) is 1. The molecule has 0 unspecified atom stereocenters. The van der Waals surface area contributed by atoms with Crippen molar-refractivity contribution in [3.8, 4) is 5.75 Å². The second-order valence-corrected chi connectivity index (χ2v) is 11.9. The number of fused-ring (bicyclic) bond motifs is 2. The van der Waals surface area contributed by atoms with E-state index in [9.17, 15) is 14.4 Å². The molecule has 0 radical (unpaired) electrons. The Balaban J connectivity index is 1.34. The summed E-state index contributed by atoms with van der Waals surface area (Å²) in [6.07, 6.45) is 4.98. The number of halogens is 1. The molecule has 2 aromatic carbocycles. The number of nitrogens with zero attached hydrogens (tertiary/aromatic N) is 3. The molecule has 0 spiro atoms. The zero-order valence-electron chi connectivity index (χ0n) is 23.5. The lowest BCUT2D eigenvalue weighted by atomic mass is 9.97. The highest BCUT2D eigenvalue weighted by molar-refractivity contribution is 6.31. The van der Waals surface area contributed by atoms with Crippen LogP contribution < -0.4 is 10.1 Å². The van der Waals surface area contributed by atoms with Crippen LogP contribution in [-0.2, 0) is 35.5 Å². The summed E-state index contributed by atoms with van der Waals surface area (Å²) in [5, 5.41) is 4.43. The molecule has 2 aliphatic heterocycles. The third kappa shape index (κ3) is 5.21. The number of nitrogens with one attached hydrogen (secondary N) is 1. The summed E-state index contributed by atoms with van der Waals surface area (Å²) in [6.45, 7) is 7.63. The van der Waals surface area contributed by atoms with Crippen LogP contribution in [0.2, 0.25) is 5.02 Å². The first-order valence-corrected chi connectivity index (χ1v) is 14.6. The van der Waals surface area contributed by atoms with Crippen molar-refractivity contribution >= 4 is 40.2 Å². The summed E-state index contributed by atoms with van der Waals surface area (Å²) in [6, 6.07) is 9.65. The third-order valence-corrected chi connectivity index (χ3v) is 8.79. The molecule has 6 rings (SSSR count). The van der Waals surface area contributed by atoms with E-state index >= 15 is 0 Å². The molecule has 41 heavy (non-hydrogen) atoms. The van der Waals surface area contributed by atoms with E-state index in [1.165, 1.54) is 6.08 Å². The summed E-state index contributed by atoms with van der Waals surface area (Å²) in [5.41, 5.74) is 5.61. The molecule has 1 saturated carbocycles. The quantitative estimate of drug-likeness (QED) is 0.407. The Labute approximate surface area is 244 Å². The van der Waals surface area contributed by atoms with E-state index < -0.39 is 0 Å². The van der Waals surface area contributed by atoms with Crippen molar-refractivity contribution in [2.45, 2.75) is 51.7 Å². The van der Waals surface area contributed by atoms with Gasteiger partial charge in [-0.05, 0) is 73.9 Å². The van der Waals surface area contributed by atoms with Gasteiger partial charge in [-0.15, -0.1) is 0 Å². The van der Waals surface area contributed by atoms with Gasteiger partial charge in [0.15, 0.2) is 0 Å². The van der Waals surface area contributed by atoms with Gasteiger partial charge in [-0.1, -0.05) is 30.3 Å². The first-order chi connectivity index (χ1) is 19.8. The number of ether oxygens (including phenoxy) is 1. The van der Waals surface area contributed by atoms with Crippen LogP contribution in [-0.4, -0.2) is 64.9 Å². The van der Waals surface area contributed by atoms with Crippen molar-refractivity contribution < 1.29 is 19.1 Å². The van der Waals surface area contributed by atoms with Gasteiger partial charge >= 0.3 is 0 Å². The van der Waals surface area contributed by atoms with Crippen LogP contribution in [0.15, 0.2) is 43.0 Å². The molecule has 2 fully saturated rings. The fraction of sp³-hybridized carbons (Fsp3) is 0.406. The summed E-state index contributed by atoms with van der Waals surface area (Å²) in [7, 11) is 1.68.